The molecule has 1 aliphatic carbocycles. The van der Waals surface area contributed by atoms with E-state index < -0.39 is 10.0 Å². The highest BCUT2D eigenvalue weighted by Crippen LogP contribution is 2.51. The average molecular weight is 454 g/mol. The van der Waals surface area contributed by atoms with Gasteiger partial charge in [-0.25, -0.2) is 8.42 Å². The Balaban J connectivity index is 1.84. The van der Waals surface area contributed by atoms with Gasteiger partial charge < -0.3 is 9.47 Å². The van der Waals surface area contributed by atoms with Crippen LogP contribution >= 0.6 is 0 Å². The van der Waals surface area contributed by atoms with Gasteiger partial charge in [-0.15, -0.1) is 0 Å². The normalized spacial score (nSPS) is 21.9. The molecule has 0 aromatic heterocycles. The molecule has 0 unspecified atom stereocenters. The summed E-state index contributed by atoms with van der Waals surface area (Å²) in [5.74, 6) is 0. The molecule has 1 aliphatic heterocycles. The zero-order valence-corrected chi connectivity index (χ0v) is 20.0. The number of hydrogen-bond donors (Lipinski definition) is 0. The lowest BCUT2D eigenvalue weighted by Gasteiger charge is -2.36. The number of hydrogen-bond acceptors (Lipinski definition) is 4. The molecule has 1 heterocycles. The summed E-state index contributed by atoms with van der Waals surface area (Å²) in [6.07, 6.45) is 0.755. The molecule has 0 spiro atoms. The Bertz CT molecular complexity index is 1150. The topological polar surface area (TPSA) is 55.8 Å². The fourth-order valence-electron chi connectivity index (χ4n) is 5.00. The van der Waals surface area contributed by atoms with E-state index >= 15 is 0 Å². The maximum Gasteiger partial charge on any atom is 0.243 e. The molecule has 0 amide bonds. The first-order valence-electron chi connectivity index (χ1n) is 10.8. The highest BCUT2D eigenvalue weighted by Gasteiger charge is 2.48. The van der Waals surface area contributed by atoms with E-state index in [2.05, 4.69) is 19.1 Å². The van der Waals surface area contributed by atoms with Crippen LogP contribution in [0.5, 0.6) is 0 Å². The summed E-state index contributed by atoms with van der Waals surface area (Å²) in [4.78, 5) is 0.342. The van der Waals surface area contributed by atoms with Gasteiger partial charge >= 0.3 is 0 Å². The summed E-state index contributed by atoms with van der Waals surface area (Å²) < 4.78 is 39.8. The molecule has 4 rings (SSSR count). The van der Waals surface area contributed by atoms with E-state index in [1.807, 2.05) is 37.3 Å². The third-order valence-electron chi connectivity index (χ3n) is 6.55. The van der Waals surface area contributed by atoms with Gasteiger partial charge in [-0.05, 0) is 53.3 Å². The van der Waals surface area contributed by atoms with E-state index in [0.717, 1.165) is 34.3 Å². The first kappa shape index (κ1) is 22.9. The van der Waals surface area contributed by atoms with Crippen molar-refractivity contribution in [3.8, 4) is 0 Å². The lowest BCUT2D eigenvalue weighted by molar-refractivity contribution is 0.203. The highest BCUT2D eigenvalue weighted by atomic mass is 32.2. The highest BCUT2D eigenvalue weighted by molar-refractivity contribution is 7.89. The Morgan fingerprint density at radius 1 is 0.969 bits per heavy atom. The summed E-state index contributed by atoms with van der Waals surface area (Å²) in [7, 11) is -0.205. The van der Waals surface area contributed by atoms with Crippen LogP contribution in [0.2, 0.25) is 0 Å². The summed E-state index contributed by atoms with van der Waals surface area (Å²) >= 11 is 0. The minimum absolute atomic E-state index is 0.298. The molecule has 2 aromatic rings. The van der Waals surface area contributed by atoms with Crippen LogP contribution in [0.15, 0.2) is 76.2 Å². The van der Waals surface area contributed by atoms with Crippen LogP contribution < -0.4 is 0 Å². The second-order valence-corrected chi connectivity index (χ2v) is 10.9. The minimum atomic E-state index is -3.60. The fraction of sp³-hybridized carbons (Fsp3) is 0.385. The van der Waals surface area contributed by atoms with Gasteiger partial charge in [0, 0.05) is 32.7 Å². The second kappa shape index (κ2) is 8.94. The van der Waals surface area contributed by atoms with Crippen molar-refractivity contribution in [2.45, 2.75) is 25.2 Å². The molecule has 32 heavy (non-hydrogen) atoms. The summed E-state index contributed by atoms with van der Waals surface area (Å²) in [6, 6.07) is 17.3. The van der Waals surface area contributed by atoms with Crippen LogP contribution in [0.3, 0.4) is 0 Å². The fourth-order valence-corrected chi connectivity index (χ4v) is 6.53. The van der Waals surface area contributed by atoms with Crippen LogP contribution in [-0.4, -0.2) is 53.2 Å². The van der Waals surface area contributed by atoms with Crippen LogP contribution in [-0.2, 0) is 19.5 Å². The van der Waals surface area contributed by atoms with Crippen LogP contribution in [0, 0.1) is 12.3 Å². The number of ether oxygens (including phenoxy) is 2. The Kier molecular flexibility index (Phi) is 6.41. The van der Waals surface area contributed by atoms with Crippen LogP contribution in [0.4, 0.5) is 0 Å². The summed E-state index contributed by atoms with van der Waals surface area (Å²) in [5.41, 5.74) is 6.38. The molecular formula is C26H31NO4S. The van der Waals surface area contributed by atoms with Crippen LogP contribution in [0.1, 0.15) is 24.5 Å². The minimum Gasteiger partial charge on any atom is -0.380 e. The number of nitrogens with zero attached hydrogens (tertiary/aromatic N) is 1. The Morgan fingerprint density at radius 2 is 1.62 bits per heavy atom. The van der Waals surface area contributed by atoms with Gasteiger partial charge in [0.05, 0.1) is 18.1 Å². The van der Waals surface area contributed by atoms with E-state index in [-0.39, 0.29) is 5.41 Å². The molecule has 0 N–H and O–H groups in total. The van der Waals surface area contributed by atoms with E-state index in [4.69, 9.17) is 9.47 Å². The smallest absolute Gasteiger partial charge is 0.243 e. The maximum atomic E-state index is 13.5. The monoisotopic (exact) mass is 453 g/mol. The molecule has 1 fully saturated rings. The van der Waals surface area contributed by atoms with Gasteiger partial charge in [-0.3, -0.25) is 0 Å². The van der Waals surface area contributed by atoms with Crippen molar-refractivity contribution in [3.05, 3.63) is 82.4 Å². The van der Waals surface area contributed by atoms with E-state index in [1.54, 1.807) is 30.7 Å². The van der Waals surface area contributed by atoms with Crippen molar-refractivity contribution >= 4 is 15.6 Å². The predicted molar refractivity (Wildman–Crippen MR) is 127 cm³/mol. The number of aryl methyl sites for hydroxylation is 1. The van der Waals surface area contributed by atoms with Gasteiger partial charge in [0.15, 0.2) is 0 Å². The summed E-state index contributed by atoms with van der Waals surface area (Å²) in [5, 5.41) is 0. The van der Waals surface area contributed by atoms with Gasteiger partial charge in [-0.2, -0.15) is 4.31 Å². The third-order valence-corrected chi connectivity index (χ3v) is 8.36. The zero-order valence-electron chi connectivity index (χ0n) is 19.2. The largest absolute Gasteiger partial charge is 0.380 e. The van der Waals surface area contributed by atoms with Gasteiger partial charge in [0.1, 0.15) is 0 Å². The number of benzene rings is 2. The molecule has 1 saturated heterocycles. The first-order chi connectivity index (χ1) is 15.3. The number of sulfonamides is 1. The Labute approximate surface area is 191 Å². The molecule has 0 radical (unpaired) electrons. The molecule has 6 heteroatoms. The molecule has 5 nitrogen and oxygen atoms in total. The Hall–Kier alpha value is -2.25. The molecule has 2 aliphatic rings. The van der Waals surface area contributed by atoms with Crippen molar-refractivity contribution < 1.29 is 17.9 Å². The standard InChI is InChI=1S/C26H31NO4S/c1-19-10-12-22(13-11-19)32(28,29)27-15-24-25(20-8-6-5-7-9-20)23(17-31-4)21(16-30-3)14-26(24,2)18-27/h5-13H,14-18H2,1-4H3/t26-/m0/s1. The zero-order chi connectivity index (χ0) is 22.9. The van der Waals surface area contributed by atoms with E-state index in [9.17, 15) is 8.42 Å². The molecule has 170 valence electrons. The van der Waals surface area contributed by atoms with E-state index in [1.165, 1.54) is 5.57 Å². The quantitative estimate of drug-likeness (QED) is 0.621. The van der Waals surface area contributed by atoms with Crippen molar-refractivity contribution in [2.24, 2.45) is 5.41 Å². The van der Waals surface area contributed by atoms with E-state index in [0.29, 0.717) is 31.2 Å². The van der Waals surface area contributed by atoms with Crippen molar-refractivity contribution in [3.63, 3.8) is 0 Å². The molecule has 1 atom stereocenters. The molecular weight excluding hydrogens is 422 g/mol. The lowest BCUT2D eigenvalue weighted by atomic mass is 9.69. The lowest BCUT2D eigenvalue weighted by Crippen LogP contribution is -2.32. The maximum absolute atomic E-state index is 13.5. The SMILES string of the molecule is COCC1=C(COC)C(c2ccccc2)=C2CN(S(=O)(=O)c3ccc(C)cc3)C[C@]2(C)C1. The number of fused-ring (bicyclic) bond motifs is 1. The predicted octanol–water partition coefficient (Wildman–Crippen LogP) is 4.45. The second-order valence-electron chi connectivity index (χ2n) is 8.99. The molecule has 0 saturated carbocycles. The van der Waals surface area contributed by atoms with Gasteiger partial charge in [-0.1, -0.05) is 55.0 Å². The van der Waals surface area contributed by atoms with Crippen molar-refractivity contribution in [1.29, 1.82) is 0 Å². The third kappa shape index (κ3) is 4.08. The van der Waals surface area contributed by atoms with Crippen molar-refractivity contribution in [1.82, 2.24) is 4.31 Å². The molecule has 0 bridgehead atoms. The summed E-state index contributed by atoms with van der Waals surface area (Å²) in [6.45, 7) is 5.93. The van der Waals surface area contributed by atoms with Gasteiger partial charge in [0.25, 0.3) is 0 Å². The van der Waals surface area contributed by atoms with Crippen LogP contribution in [0.25, 0.3) is 5.57 Å². The van der Waals surface area contributed by atoms with Gasteiger partial charge in [0.2, 0.25) is 10.0 Å². The number of methoxy groups -OCH3 is 2. The first-order valence-corrected chi connectivity index (χ1v) is 12.3. The van der Waals surface area contributed by atoms with Crippen molar-refractivity contribution in [2.75, 3.05) is 40.5 Å². The average Bonchev–Trinajstić information content (AvgIpc) is 3.13. The number of rotatable bonds is 7. The molecule has 2 aromatic carbocycles. The Morgan fingerprint density at radius 3 is 2.25 bits per heavy atom.